The maximum absolute atomic E-state index is 13.5. The number of hydrogen-bond acceptors (Lipinski definition) is 6. The molecule has 4 heterocycles. The monoisotopic (exact) mass is 437 g/mol. The Hall–Kier alpha value is -1.70. The van der Waals surface area contributed by atoms with E-state index in [1.54, 1.807) is 23.1 Å². The van der Waals surface area contributed by atoms with Crippen molar-refractivity contribution in [1.82, 2.24) is 4.72 Å². The maximum Gasteiger partial charge on any atom is 0.235 e. The number of anilines is 1. The van der Waals surface area contributed by atoms with E-state index in [4.69, 9.17) is 26.3 Å². The third-order valence-corrected chi connectivity index (χ3v) is 7.78. The molecular formula is C19H20ClN3O5S. The first-order valence-electron chi connectivity index (χ1n) is 9.41. The highest BCUT2D eigenvalue weighted by atomic mass is 35.5. The Labute approximate surface area is 173 Å². The predicted molar refractivity (Wildman–Crippen MR) is 104 cm³/mol. The van der Waals surface area contributed by atoms with Crippen LogP contribution in [0.25, 0.3) is 0 Å². The minimum Gasteiger partial charge on any atom is -0.366 e. The highest BCUT2D eigenvalue weighted by Gasteiger charge is 2.78. The summed E-state index contributed by atoms with van der Waals surface area (Å²) in [4.78, 5) is 15.1. The van der Waals surface area contributed by atoms with Crippen LogP contribution >= 0.6 is 11.6 Å². The zero-order valence-corrected chi connectivity index (χ0v) is 17.5. The number of nitrogens with zero attached hydrogens (tertiary/aromatic N) is 2. The zero-order chi connectivity index (χ0) is 20.8. The third-order valence-electron chi connectivity index (χ3n) is 6.76. The molecule has 5 rings (SSSR count). The van der Waals surface area contributed by atoms with Gasteiger partial charge in [0.05, 0.1) is 46.6 Å². The van der Waals surface area contributed by atoms with Gasteiger partial charge in [-0.15, -0.1) is 0 Å². The van der Waals surface area contributed by atoms with Gasteiger partial charge in [0.15, 0.2) is 0 Å². The fraction of sp³-hybridized carbons (Fsp3) is 0.579. The Kier molecular flexibility index (Phi) is 3.94. The number of benzene rings is 1. The molecule has 0 saturated carbocycles. The Bertz CT molecular complexity index is 1070. The van der Waals surface area contributed by atoms with Crippen LogP contribution in [0.2, 0.25) is 5.02 Å². The number of ether oxygens (including phenoxy) is 2. The van der Waals surface area contributed by atoms with Gasteiger partial charge in [0.2, 0.25) is 15.9 Å². The van der Waals surface area contributed by atoms with Crippen molar-refractivity contribution in [3.8, 4) is 6.07 Å². The van der Waals surface area contributed by atoms with Crippen molar-refractivity contribution < 1.29 is 22.7 Å². The molecule has 29 heavy (non-hydrogen) atoms. The summed E-state index contributed by atoms with van der Waals surface area (Å²) in [5, 5.41) is 9.39. The van der Waals surface area contributed by atoms with Crippen molar-refractivity contribution in [2.45, 2.75) is 43.2 Å². The van der Waals surface area contributed by atoms with Crippen LogP contribution in [0.1, 0.15) is 25.3 Å². The molecule has 1 aromatic rings. The first-order chi connectivity index (χ1) is 13.6. The molecule has 4 aliphatic heterocycles. The number of fused-ring (bicyclic) bond motifs is 2. The van der Waals surface area contributed by atoms with Gasteiger partial charge in [0, 0.05) is 18.0 Å². The van der Waals surface area contributed by atoms with E-state index in [2.05, 4.69) is 4.72 Å². The summed E-state index contributed by atoms with van der Waals surface area (Å²) in [6.45, 7) is 2.23. The molecule has 6 atom stereocenters. The second-order valence-corrected chi connectivity index (χ2v) is 10.7. The summed E-state index contributed by atoms with van der Waals surface area (Å²) in [7, 11) is -3.44. The molecule has 8 nitrogen and oxygen atoms in total. The Morgan fingerprint density at radius 3 is 2.83 bits per heavy atom. The first kappa shape index (κ1) is 19.3. The minimum atomic E-state index is -3.44. The van der Waals surface area contributed by atoms with E-state index in [9.17, 15) is 13.2 Å². The lowest BCUT2D eigenvalue weighted by molar-refractivity contribution is -0.143. The summed E-state index contributed by atoms with van der Waals surface area (Å²) in [5.74, 6) is -0.846. The van der Waals surface area contributed by atoms with E-state index < -0.39 is 39.4 Å². The molecule has 0 aliphatic carbocycles. The van der Waals surface area contributed by atoms with Gasteiger partial charge in [0.25, 0.3) is 0 Å². The van der Waals surface area contributed by atoms with Crippen molar-refractivity contribution in [2.24, 2.45) is 11.8 Å². The van der Waals surface area contributed by atoms with Crippen LogP contribution in [-0.4, -0.2) is 50.7 Å². The molecule has 0 unspecified atom stereocenters. The molecular weight excluding hydrogens is 418 g/mol. The standard InChI is InChI=1S/C19H20ClN3O5S/c1-18-8-13(22-29(2,25)26)19(28-18)5-6-27-17-15(19)14(18)16(24)23(17)11-4-3-10(9-21)12(20)7-11/h3-4,7,13-15,17,22H,5-6,8H2,1-2H3/t13-,14+,15-,17-,18+,19-/m0/s1. The molecule has 4 aliphatic rings. The smallest absolute Gasteiger partial charge is 0.235 e. The molecule has 0 aromatic heterocycles. The number of carbonyl (C=O) groups excluding carboxylic acids is 1. The molecule has 4 saturated heterocycles. The van der Waals surface area contributed by atoms with Crippen LogP contribution in [0.5, 0.6) is 0 Å². The fourth-order valence-electron chi connectivity index (χ4n) is 5.86. The number of rotatable bonds is 3. The van der Waals surface area contributed by atoms with Gasteiger partial charge in [-0.25, -0.2) is 13.1 Å². The van der Waals surface area contributed by atoms with Crippen molar-refractivity contribution in [3.05, 3.63) is 28.8 Å². The largest absolute Gasteiger partial charge is 0.366 e. The number of carbonyl (C=O) groups is 1. The average Bonchev–Trinajstić information content (AvgIpc) is 3.17. The predicted octanol–water partition coefficient (Wildman–Crippen LogP) is 1.39. The number of sulfonamides is 1. The fourth-order valence-corrected chi connectivity index (χ4v) is 6.88. The number of nitriles is 1. The molecule has 4 fully saturated rings. The molecule has 10 heteroatoms. The molecule has 1 spiro atoms. The van der Waals surface area contributed by atoms with Crippen LogP contribution in [0.4, 0.5) is 5.69 Å². The molecule has 1 amide bonds. The number of nitrogens with one attached hydrogen (secondary N) is 1. The van der Waals surface area contributed by atoms with E-state index in [1.807, 2.05) is 13.0 Å². The van der Waals surface area contributed by atoms with Crippen LogP contribution in [-0.2, 0) is 24.3 Å². The van der Waals surface area contributed by atoms with E-state index in [0.717, 1.165) is 6.26 Å². The summed E-state index contributed by atoms with van der Waals surface area (Å²) in [6.07, 6.45) is 1.51. The molecule has 154 valence electrons. The zero-order valence-electron chi connectivity index (χ0n) is 15.9. The van der Waals surface area contributed by atoms with Gasteiger partial charge in [-0.05, 0) is 31.5 Å². The second kappa shape index (κ2) is 5.93. The molecule has 1 N–H and O–H groups in total. The Balaban J connectivity index is 1.59. The molecule has 2 bridgehead atoms. The number of amides is 1. The van der Waals surface area contributed by atoms with Crippen molar-refractivity contribution in [2.75, 3.05) is 17.8 Å². The second-order valence-electron chi connectivity index (χ2n) is 8.52. The highest BCUT2D eigenvalue weighted by Crippen LogP contribution is 2.65. The van der Waals surface area contributed by atoms with Gasteiger partial charge in [-0.1, -0.05) is 11.6 Å². The lowest BCUT2D eigenvalue weighted by atomic mass is 9.64. The minimum absolute atomic E-state index is 0.121. The lowest BCUT2D eigenvalue weighted by Crippen LogP contribution is -2.61. The van der Waals surface area contributed by atoms with Gasteiger partial charge >= 0.3 is 0 Å². The number of halogens is 1. The van der Waals surface area contributed by atoms with Gasteiger partial charge in [-0.2, -0.15) is 5.26 Å². The summed E-state index contributed by atoms with van der Waals surface area (Å²) in [6, 6.07) is 6.47. The topological polar surface area (TPSA) is 109 Å². The van der Waals surface area contributed by atoms with Gasteiger partial charge in [-0.3, -0.25) is 9.69 Å². The van der Waals surface area contributed by atoms with Crippen molar-refractivity contribution in [1.29, 1.82) is 5.26 Å². The quantitative estimate of drug-likeness (QED) is 0.765. The van der Waals surface area contributed by atoms with Crippen molar-refractivity contribution in [3.63, 3.8) is 0 Å². The molecule has 0 radical (unpaired) electrons. The normalized spacial score (nSPS) is 40.2. The van der Waals surface area contributed by atoms with Crippen LogP contribution in [0.15, 0.2) is 18.2 Å². The summed E-state index contributed by atoms with van der Waals surface area (Å²) in [5.41, 5.74) is -0.671. The molecule has 1 aromatic carbocycles. The van der Waals surface area contributed by atoms with Crippen LogP contribution in [0, 0.1) is 23.2 Å². The Morgan fingerprint density at radius 1 is 1.41 bits per heavy atom. The first-order valence-corrected chi connectivity index (χ1v) is 11.7. The maximum atomic E-state index is 13.5. The third kappa shape index (κ3) is 2.53. The van der Waals surface area contributed by atoms with E-state index >= 15 is 0 Å². The lowest BCUT2D eigenvalue weighted by Gasteiger charge is -2.45. The van der Waals surface area contributed by atoms with Crippen LogP contribution in [0.3, 0.4) is 0 Å². The van der Waals surface area contributed by atoms with Crippen molar-refractivity contribution >= 4 is 33.2 Å². The highest BCUT2D eigenvalue weighted by molar-refractivity contribution is 7.88. The van der Waals surface area contributed by atoms with E-state index in [-0.39, 0.29) is 16.8 Å². The van der Waals surface area contributed by atoms with Gasteiger partial charge < -0.3 is 9.47 Å². The SMILES string of the molecule is C[C@@]12C[C@H](NS(C)(=O)=O)[C@]3(CCO[C@H]4[C@@H]3[C@@H]1C(=O)N4c1ccc(C#N)c(Cl)c1)O2. The van der Waals surface area contributed by atoms with Gasteiger partial charge in [0.1, 0.15) is 12.3 Å². The Morgan fingerprint density at radius 2 is 2.17 bits per heavy atom. The number of hydrogen-bond donors (Lipinski definition) is 1. The average molecular weight is 438 g/mol. The van der Waals surface area contributed by atoms with E-state index in [0.29, 0.717) is 30.7 Å². The summed E-state index contributed by atoms with van der Waals surface area (Å²) < 4.78 is 39.1. The summed E-state index contributed by atoms with van der Waals surface area (Å²) >= 11 is 6.20. The van der Waals surface area contributed by atoms with Crippen LogP contribution < -0.4 is 9.62 Å². The van der Waals surface area contributed by atoms with E-state index in [1.165, 1.54) is 0 Å².